The normalized spacial score (nSPS) is 11.6. The van der Waals surface area contributed by atoms with Crippen LogP contribution in [-0.2, 0) is 0 Å². The lowest BCUT2D eigenvalue weighted by Gasteiger charge is -1.95. The van der Waals surface area contributed by atoms with Crippen molar-refractivity contribution in [3.63, 3.8) is 0 Å². The summed E-state index contributed by atoms with van der Waals surface area (Å²) in [5.74, 6) is 0. The number of allylic oxidation sites excluding steroid dienone is 1. The van der Waals surface area contributed by atoms with Gasteiger partial charge < -0.3 is 0 Å². The molecule has 0 nitrogen and oxygen atoms in total. The van der Waals surface area contributed by atoms with E-state index in [2.05, 4.69) is 59.9 Å². The highest BCUT2D eigenvalue weighted by Gasteiger charge is 1.90. The van der Waals surface area contributed by atoms with Crippen LogP contribution in [0.15, 0.2) is 36.4 Å². The van der Waals surface area contributed by atoms with Crippen LogP contribution in [0.5, 0.6) is 0 Å². The molecule has 0 amide bonds. The van der Waals surface area contributed by atoms with E-state index in [9.17, 15) is 0 Å². The molecule has 1 heteroatoms. The van der Waals surface area contributed by atoms with Crippen molar-refractivity contribution in [2.75, 3.05) is 0 Å². The highest BCUT2D eigenvalue weighted by molar-refractivity contribution is 14.1. The largest absolute Gasteiger partial charge is 0.0736 e. The molecule has 0 bridgehead atoms. The van der Waals surface area contributed by atoms with E-state index in [4.69, 9.17) is 0 Å². The molecule has 52 valence electrons. The zero-order chi connectivity index (χ0) is 7.40. The van der Waals surface area contributed by atoms with Gasteiger partial charge in [-0.2, -0.15) is 0 Å². The summed E-state index contributed by atoms with van der Waals surface area (Å²) in [4.78, 5) is 0. The predicted octanol–water partition coefficient (Wildman–Crippen LogP) is 3.48. The van der Waals surface area contributed by atoms with Gasteiger partial charge >= 0.3 is 0 Å². The SMILES string of the molecule is CC=C(I)c1ccccc1. The number of hydrogen-bond acceptors (Lipinski definition) is 0. The average molecular weight is 244 g/mol. The van der Waals surface area contributed by atoms with Crippen LogP contribution in [0.25, 0.3) is 3.58 Å². The molecule has 0 saturated carbocycles. The summed E-state index contributed by atoms with van der Waals surface area (Å²) in [6.07, 6.45) is 2.11. The molecule has 10 heavy (non-hydrogen) atoms. The number of rotatable bonds is 1. The molecule has 0 unspecified atom stereocenters. The summed E-state index contributed by atoms with van der Waals surface area (Å²) in [7, 11) is 0. The number of benzene rings is 1. The molecule has 0 atom stereocenters. The van der Waals surface area contributed by atoms with Gasteiger partial charge in [0.15, 0.2) is 0 Å². The maximum atomic E-state index is 2.33. The monoisotopic (exact) mass is 244 g/mol. The highest BCUT2D eigenvalue weighted by atomic mass is 127. The minimum Gasteiger partial charge on any atom is -0.0736 e. The zero-order valence-corrected chi connectivity index (χ0v) is 8.00. The van der Waals surface area contributed by atoms with Gasteiger partial charge in [0.05, 0.1) is 0 Å². The molecule has 0 aromatic heterocycles. The molecule has 1 aromatic carbocycles. The Morgan fingerprint density at radius 2 is 1.90 bits per heavy atom. The van der Waals surface area contributed by atoms with E-state index in [1.165, 1.54) is 9.14 Å². The number of halogens is 1. The van der Waals surface area contributed by atoms with Crippen molar-refractivity contribution < 1.29 is 0 Å². The van der Waals surface area contributed by atoms with E-state index >= 15 is 0 Å². The molecule has 0 heterocycles. The number of hydrogen-bond donors (Lipinski definition) is 0. The third-order valence-corrected chi connectivity index (χ3v) is 2.55. The lowest BCUT2D eigenvalue weighted by atomic mass is 10.2. The lowest BCUT2D eigenvalue weighted by molar-refractivity contribution is 1.64. The maximum absolute atomic E-state index is 2.33. The Hall–Kier alpha value is -0.310. The van der Waals surface area contributed by atoms with Crippen LogP contribution in [0.3, 0.4) is 0 Å². The summed E-state index contributed by atoms with van der Waals surface area (Å²) < 4.78 is 1.30. The van der Waals surface area contributed by atoms with E-state index < -0.39 is 0 Å². The predicted molar refractivity (Wildman–Crippen MR) is 54.1 cm³/mol. The Kier molecular flexibility index (Phi) is 2.93. The van der Waals surface area contributed by atoms with Crippen LogP contribution in [-0.4, -0.2) is 0 Å². The molecule has 0 spiro atoms. The van der Waals surface area contributed by atoms with Gasteiger partial charge in [-0.05, 0) is 35.1 Å². The van der Waals surface area contributed by atoms with Gasteiger partial charge in [0.2, 0.25) is 0 Å². The standard InChI is InChI=1S/C9H9I/c1-2-9(10)8-6-4-3-5-7-8/h2-7H,1H3. The second-order valence-electron chi connectivity index (χ2n) is 2.00. The summed E-state index contributed by atoms with van der Waals surface area (Å²) in [5.41, 5.74) is 1.30. The van der Waals surface area contributed by atoms with E-state index in [1.54, 1.807) is 0 Å². The molecule has 0 aliphatic rings. The second-order valence-corrected chi connectivity index (χ2v) is 3.16. The van der Waals surface area contributed by atoms with Gasteiger partial charge in [-0.3, -0.25) is 0 Å². The van der Waals surface area contributed by atoms with Gasteiger partial charge in [0, 0.05) is 3.58 Å². The van der Waals surface area contributed by atoms with E-state index in [0.717, 1.165) is 0 Å². The molecular formula is C9H9I. The Morgan fingerprint density at radius 3 is 2.40 bits per heavy atom. The van der Waals surface area contributed by atoms with Gasteiger partial charge in [0.25, 0.3) is 0 Å². The molecule has 0 aliphatic heterocycles. The molecule has 0 radical (unpaired) electrons. The quantitative estimate of drug-likeness (QED) is 0.663. The molecule has 0 aliphatic carbocycles. The van der Waals surface area contributed by atoms with E-state index in [-0.39, 0.29) is 0 Å². The molecule has 1 aromatic rings. The van der Waals surface area contributed by atoms with Gasteiger partial charge in [-0.25, -0.2) is 0 Å². The van der Waals surface area contributed by atoms with Crippen LogP contribution >= 0.6 is 22.6 Å². The van der Waals surface area contributed by atoms with Crippen LogP contribution < -0.4 is 0 Å². The minimum atomic E-state index is 1.30. The van der Waals surface area contributed by atoms with Crippen molar-refractivity contribution >= 4 is 26.2 Å². The fraction of sp³-hybridized carbons (Fsp3) is 0.111. The van der Waals surface area contributed by atoms with E-state index in [0.29, 0.717) is 0 Å². The van der Waals surface area contributed by atoms with Crippen molar-refractivity contribution in [3.8, 4) is 0 Å². The van der Waals surface area contributed by atoms with Crippen LogP contribution in [0, 0.1) is 0 Å². The summed E-state index contributed by atoms with van der Waals surface area (Å²) in [5, 5.41) is 0. The smallest absolute Gasteiger partial charge is 0.0160 e. The Morgan fingerprint density at radius 1 is 1.30 bits per heavy atom. The van der Waals surface area contributed by atoms with Crippen LogP contribution in [0.1, 0.15) is 12.5 Å². The second kappa shape index (κ2) is 3.76. The van der Waals surface area contributed by atoms with E-state index in [1.807, 2.05) is 6.07 Å². The van der Waals surface area contributed by atoms with Crippen molar-refractivity contribution in [1.82, 2.24) is 0 Å². The Balaban J connectivity index is 2.96. The first kappa shape index (κ1) is 7.79. The van der Waals surface area contributed by atoms with Crippen molar-refractivity contribution in [2.45, 2.75) is 6.92 Å². The third-order valence-electron chi connectivity index (χ3n) is 1.30. The van der Waals surface area contributed by atoms with Gasteiger partial charge in [0.1, 0.15) is 0 Å². The van der Waals surface area contributed by atoms with Crippen molar-refractivity contribution in [2.24, 2.45) is 0 Å². The third kappa shape index (κ3) is 1.84. The first-order chi connectivity index (χ1) is 4.84. The minimum absolute atomic E-state index is 1.30. The fourth-order valence-electron chi connectivity index (χ4n) is 0.764. The summed E-state index contributed by atoms with van der Waals surface area (Å²) >= 11 is 2.33. The van der Waals surface area contributed by atoms with Gasteiger partial charge in [-0.1, -0.05) is 36.4 Å². The lowest BCUT2D eigenvalue weighted by Crippen LogP contribution is -1.71. The van der Waals surface area contributed by atoms with Crippen molar-refractivity contribution in [1.29, 1.82) is 0 Å². The maximum Gasteiger partial charge on any atom is 0.0160 e. The van der Waals surface area contributed by atoms with Crippen LogP contribution in [0.4, 0.5) is 0 Å². The van der Waals surface area contributed by atoms with Gasteiger partial charge in [-0.15, -0.1) is 0 Å². The highest BCUT2D eigenvalue weighted by Crippen LogP contribution is 2.20. The summed E-state index contributed by atoms with van der Waals surface area (Å²) in [6.45, 7) is 2.05. The zero-order valence-electron chi connectivity index (χ0n) is 5.84. The Bertz CT molecular complexity index is 224. The van der Waals surface area contributed by atoms with Crippen molar-refractivity contribution in [3.05, 3.63) is 42.0 Å². The molecule has 0 fully saturated rings. The first-order valence-corrected chi connectivity index (χ1v) is 4.29. The Labute approximate surface area is 75.1 Å². The first-order valence-electron chi connectivity index (χ1n) is 3.22. The molecule has 1 rings (SSSR count). The fourth-order valence-corrected chi connectivity index (χ4v) is 1.12. The average Bonchev–Trinajstić information content (AvgIpc) is 2.05. The van der Waals surface area contributed by atoms with Crippen LogP contribution in [0.2, 0.25) is 0 Å². The summed E-state index contributed by atoms with van der Waals surface area (Å²) in [6, 6.07) is 10.4. The molecular weight excluding hydrogens is 235 g/mol. The molecule has 0 N–H and O–H groups in total. The molecule has 0 saturated heterocycles. The topological polar surface area (TPSA) is 0 Å².